The van der Waals surface area contributed by atoms with E-state index in [1.165, 1.54) is 11.8 Å². The summed E-state index contributed by atoms with van der Waals surface area (Å²) in [7, 11) is 0. The van der Waals surface area contributed by atoms with Crippen LogP contribution in [0.2, 0.25) is 5.02 Å². The molecule has 0 bridgehead atoms. The van der Waals surface area contributed by atoms with Crippen molar-refractivity contribution in [1.82, 2.24) is 24.6 Å². The Kier molecular flexibility index (Phi) is 7.80. The van der Waals surface area contributed by atoms with E-state index >= 15 is 0 Å². The Balaban J connectivity index is 1.56. The first-order valence-corrected chi connectivity index (χ1v) is 12.4. The topological polar surface area (TPSA) is 77.1 Å². The minimum absolute atomic E-state index is 0.0208. The van der Waals surface area contributed by atoms with Crippen molar-refractivity contribution < 1.29 is 4.52 Å². The molecule has 0 aliphatic rings. The molecule has 0 aliphatic carbocycles. The fourth-order valence-corrected chi connectivity index (χ4v) is 4.72. The summed E-state index contributed by atoms with van der Waals surface area (Å²) in [6, 6.07) is 14.8. The van der Waals surface area contributed by atoms with Gasteiger partial charge in [-0.05, 0) is 50.3 Å². The predicted octanol–water partition coefficient (Wildman–Crippen LogP) is 5.12. The molecule has 9 heteroatoms. The minimum atomic E-state index is -0.0208. The summed E-state index contributed by atoms with van der Waals surface area (Å²) < 4.78 is 7.18. The molecule has 0 amide bonds. The number of benzene rings is 2. The highest BCUT2D eigenvalue weighted by atomic mass is 35.5. The van der Waals surface area contributed by atoms with E-state index in [0.29, 0.717) is 50.7 Å². The largest absolute Gasteiger partial charge is 0.334 e. The second-order valence-electron chi connectivity index (χ2n) is 7.53. The van der Waals surface area contributed by atoms with Crippen LogP contribution in [-0.4, -0.2) is 44.2 Å². The van der Waals surface area contributed by atoms with Crippen LogP contribution in [0.1, 0.15) is 26.1 Å². The smallest absolute Gasteiger partial charge is 0.262 e. The van der Waals surface area contributed by atoms with Crippen molar-refractivity contribution in [2.24, 2.45) is 0 Å². The summed E-state index contributed by atoms with van der Waals surface area (Å²) in [5.41, 5.74) is 1.36. The first-order chi connectivity index (χ1) is 16.1. The summed E-state index contributed by atoms with van der Waals surface area (Å²) >= 11 is 7.67. The minimum Gasteiger partial charge on any atom is -0.334 e. The van der Waals surface area contributed by atoms with Crippen LogP contribution in [0.4, 0.5) is 0 Å². The Morgan fingerprint density at radius 2 is 1.82 bits per heavy atom. The van der Waals surface area contributed by atoms with Crippen LogP contribution in [0, 0.1) is 0 Å². The van der Waals surface area contributed by atoms with Gasteiger partial charge in [0, 0.05) is 6.54 Å². The normalized spacial score (nSPS) is 11.5. The van der Waals surface area contributed by atoms with E-state index in [0.717, 1.165) is 26.1 Å². The average molecular weight is 484 g/mol. The molecule has 0 atom stereocenters. The number of rotatable bonds is 10. The molecule has 4 rings (SSSR count). The third-order valence-corrected chi connectivity index (χ3v) is 6.78. The van der Waals surface area contributed by atoms with E-state index in [2.05, 4.69) is 28.9 Å². The third-order valence-electron chi connectivity index (χ3n) is 5.48. The first-order valence-electron chi connectivity index (χ1n) is 11.0. The van der Waals surface area contributed by atoms with E-state index in [4.69, 9.17) is 21.1 Å². The van der Waals surface area contributed by atoms with E-state index < -0.39 is 0 Å². The van der Waals surface area contributed by atoms with Gasteiger partial charge in [0.15, 0.2) is 11.0 Å². The Bertz CT molecular complexity index is 1290. The van der Waals surface area contributed by atoms with Gasteiger partial charge in [0.05, 0.1) is 27.2 Å². The maximum absolute atomic E-state index is 13.2. The number of halogens is 1. The molecular weight excluding hydrogens is 458 g/mol. The monoisotopic (exact) mass is 483 g/mol. The van der Waals surface area contributed by atoms with Crippen molar-refractivity contribution in [2.45, 2.75) is 37.7 Å². The third kappa shape index (κ3) is 5.46. The number of thioether (sulfide) groups is 1. The molecular formula is C24H26ClN5O2S. The molecule has 7 nitrogen and oxygen atoms in total. The van der Waals surface area contributed by atoms with Gasteiger partial charge < -0.3 is 9.42 Å². The quantitative estimate of drug-likeness (QED) is 0.229. The van der Waals surface area contributed by atoms with Gasteiger partial charge in [-0.25, -0.2) is 4.98 Å². The summed E-state index contributed by atoms with van der Waals surface area (Å²) in [5, 5.41) is 5.92. The Labute approximate surface area is 201 Å². The second-order valence-corrected chi connectivity index (χ2v) is 8.88. The van der Waals surface area contributed by atoms with Gasteiger partial charge in [0.25, 0.3) is 11.4 Å². The number of fused-ring (bicyclic) bond motifs is 1. The number of para-hydroxylation sites is 1. The molecule has 0 N–H and O–H groups in total. The molecule has 0 radical (unpaired) electrons. The molecule has 0 spiro atoms. The van der Waals surface area contributed by atoms with Crippen LogP contribution in [0.25, 0.3) is 22.4 Å². The number of hydrogen-bond acceptors (Lipinski definition) is 7. The molecule has 33 heavy (non-hydrogen) atoms. The van der Waals surface area contributed by atoms with Crippen molar-refractivity contribution in [2.75, 3.05) is 19.6 Å². The van der Waals surface area contributed by atoms with Gasteiger partial charge in [-0.2, -0.15) is 4.98 Å². The molecule has 2 aromatic heterocycles. The van der Waals surface area contributed by atoms with Crippen LogP contribution >= 0.6 is 23.4 Å². The fourth-order valence-electron chi connectivity index (χ4n) is 3.63. The van der Waals surface area contributed by atoms with Crippen molar-refractivity contribution in [1.29, 1.82) is 0 Å². The Morgan fingerprint density at radius 3 is 2.61 bits per heavy atom. The number of nitrogens with zero attached hydrogens (tertiary/aromatic N) is 5. The summed E-state index contributed by atoms with van der Waals surface area (Å²) in [5.74, 6) is 1.32. The van der Waals surface area contributed by atoms with Crippen molar-refractivity contribution >= 4 is 34.3 Å². The molecule has 0 saturated carbocycles. The molecule has 0 saturated heterocycles. The van der Waals surface area contributed by atoms with Crippen LogP contribution < -0.4 is 5.56 Å². The summed E-state index contributed by atoms with van der Waals surface area (Å²) in [4.78, 5) is 24.8. The molecule has 2 heterocycles. The van der Waals surface area contributed by atoms with Crippen molar-refractivity contribution in [3.63, 3.8) is 0 Å². The van der Waals surface area contributed by atoms with Crippen molar-refractivity contribution in [3.05, 3.63) is 69.7 Å². The second kappa shape index (κ2) is 11.0. The Morgan fingerprint density at radius 1 is 1.06 bits per heavy atom. The van der Waals surface area contributed by atoms with Crippen LogP contribution in [0.3, 0.4) is 0 Å². The van der Waals surface area contributed by atoms with Gasteiger partial charge in [0.2, 0.25) is 0 Å². The fraction of sp³-hybridized carbons (Fsp3) is 0.333. The highest BCUT2D eigenvalue weighted by Crippen LogP contribution is 2.27. The van der Waals surface area contributed by atoms with Crippen LogP contribution in [-0.2, 0) is 12.3 Å². The van der Waals surface area contributed by atoms with Crippen LogP contribution in [0.5, 0.6) is 0 Å². The average Bonchev–Trinajstić information content (AvgIpc) is 3.31. The van der Waals surface area contributed by atoms with E-state index in [1.54, 1.807) is 10.6 Å². The maximum atomic E-state index is 13.2. The molecule has 0 unspecified atom stereocenters. The lowest BCUT2D eigenvalue weighted by atomic mass is 10.2. The zero-order chi connectivity index (χ0) is 23.2. The first kappa shape index (κ1) is 23.5. The molecule has 0 aliphatic heterocycles. The van der Waals surface area contributed by atoms with E-state index in [1.807, 2.05) is 42.5 Å². The van der Waals surface area contributed by atoms with Gasteiger partial charge >= 0.3 is 0 Å². The maximum Gasteiger partial charge on any atom is 0.262 e. The van der Waals surface area contributed by atoms with Gasteiger partial charge in [0.1, 0.15) is 0 Å². The highest BCUT2D eigenvalue weighted by Gasteiger charge is 2.15. The lowest BCUT2D eigenvalue weighted by Crippen LogP contribution is -2.28. The van der Waals surface area contributed by atoms with Gasteiger partial charge in [-0.3, -0.25) is 9.36 Å². The highest BCUT2D eigenvalue weighted by molar-refractivity contribution is 7.98. The molecule has 4 aromatic rings. The number of aromatic nitrogens is 4. The Hall–Kier alpha value is -2.68. The SMILES string of the molecule is CCN(CC)CCCn1c(SCc2noc(-c3ccccc3Cl)n2)nc2ccccc2c1=O. The molecule has 2 aromatic carbocycles. The molecule has 172 valence electrons. The predicted molar refractivity (Wildman–Crippen MR) is 133 cm³/mol. The van der Waals surface area contributed by atoms with Crippen LogP contribution in [0.15, 0.2) is 63.0 Å². The van der Waals surface area contributed by atoms with Gasteiger partial charge in [-0.1, -0.05) is 66.6 Å². The van der Waals surface area contributed by atoms with Crippen molar-refractivity contribution in [3.8, 4) is 11.5 Å². The lowest BCUT2D eigenvalue weighted by Gasteiger charge is -2.19. The number of hydrogen-bond donors (Lipinski definition) is 0. The summed E-state index contributed by atoms with van der Waals surface area (Å²) in [6.45, 7) is 7.82. The van der Waals surface area contributed by atoms with Gasteiger partial charge in [-0.15, -0.1) is 0 Å². The zero-order valence-corrected chi connectivity index (χ0v) is 20.3. The zero-order valence-electron chi connectivity index (χ0n) is 18.7. The molecule has 0 fully saturated rings. The van der Waals surface area contributed by atoms with E-state index in [9.17, 15) is 4.79 Å². The van der Waals surface area contributed by atoms with E-state index in [-0.39, 0.29) is 5.56 Å². The lowest BCUT2D eigenvalue weighted by molar-refractivity contribution is 0.290. The summed E-state index contributed by atoms with van der Waals surface area (Å²) in [6.07, 6.45) is 0.869. The standard InChI is InChI=1S/C24H26ClN5O2S/c1-3-29(4-2)14-9-15-30-23(31)18-11-6-8-13-20(18)26-24(30)33-16-21-27-22(32-28-21)17-10-5-7-12-19(17)25/h5-8,10-13H,3-4,9,14-16H2,1-2H3.